The summed E-state index contributed by atoms with van der Waals surface area (Å²) >= 11 is 0. The van der Waals surface area contributed by atoms with E-state index in [0.717, 1.165) is 0 Å². The molecule has 0 bridgehead atoms. The second-order valence-electron chi connectivity index (χ2n) is 3.05. The number of nitrogens with one attached hydrogen (secondary N) is 1. The summed E-state index contributed by atoms with van der Waals surface area (Å²) in [6.07, 6.45) is -1.18. The Kier molecular flexibility index (Phi) is 3.07. The van der Waals surface area contributed by atoms with Crippen molar-refractivity contribution in [1.82, 2.24) is 5.32 Å². The maximum atomic E-state index is 10.3. The molecule has 2 unspecified atom stereocenters. The fourth-order valence-electron chi connectivity index (χ4n) is 1.33. The Bertz CT molecular complexity index is 197. The summed E-state index contributed by atoms with van der Waals surface area (Å²) in [6.45, 7) is 0.315. The maximum absolute atomic E-state index is 10.3. The molecule has 76 valence electrons. The standard InChI is InChI=1S/C7H13NO5/c1-12-3-7(11)4-13-2-5(7)8-6(9)10/h5,8,11H,2-4H2,1H3,(H,9,10). The van der Waals surface area contributed by atoms with Crippen LogP contribution in [0.5, 0.6) is 0 Å². The average Bonchev–Trinajstić information content (AvgIpc) is 2.32. The SMILES string of the molecule is COCC1(O)COCC1NC(=O)O. The molecule has 0 aromatic rings. The summed E-state index contributed by atoms with van der Waals surface area (Å²) in [6, 6.07) is -0.620. The third kappa shape index (κ3) is 2.30. The van der Waals surface area contributed by atoms with Crippen molar-refractivity contribution in [3.8, 4) is 0 Å². The maximum Gasteiger partial charge on any atom is 0.405 e. The number of carbonyl (C=O) groups is 1. The van der Waals surface area contributed by atoms with Crippen LogP contribution in [0.1, 0.15) is 0 Å². The minimum Gasteiger partial charge on any atom is -0.465 e. The average molecular weight is 191 g/mol. The van der Waals surface area contributed by atoms with Crippen LogP contribution >= 0.6 is 0 Å². The second kappa shape index (κ2) is 3.91. The predicted octanol–water partition coefficient (Wildman–Crippen LogP) is -0.970. The van der Waals surface area contributed by atoms with Crippen LogP contribution in [-0.2, 0) is 9.47 Å². The zero-order chi connectivity index (χ0) is 9.90. The highest BCUT2D eigenvalue weighted by Crippen LogP contribution is 2.19. The van der Waals surface area contributed by atoms with Crippen LogP contribution in [0.2, 0.25) is 0 Å². The van der Waals surface area contributed by atoms with Crippen molar-refractivity contribution < 1.29 is 24.5 Å². The number of carboxylic acid groups (broad SMARTS) is 1. The Morgan fingerprint density at radius 1 is 1.85 bits per heavy atom. The van der Waals surface area contributed by atoms with Crippen molar-refractivity contribution in [2.24, 2.45) is 0 Å². The number of amides is 1. The van der Waals surface area contributed by atoms with Crippen LogP contribution in [0.4, 0.5) is 4.79 Å². The van der Waals surface area contributed by atoms with Crippen molar-refractivity contribution in [2.75, 3.05) is 26.9 Å². The third-order valence-corrected chi connectivity index (χ3v) is 1.98. The quantitative estimate of drug-likeness (QED) is 0.534. The van der Waals surface area contributed by atoms with E-state index in [4.69, 9.17) is 14.6 Å². The largest absolute Gasteiger partial charge is 0.465 e. The summed E-state index contributed by atoms with van der Waals surface area (Å²) in [5.74, 6) is 0. The molecule has 13 heavy (non-hydrogen) atoms. The fraction of sp³-hybridized carbons (Fsp3) is 0.857. The Hall–Kier alpha value is -0.850. The molecule has 0 saturated carbocycles. The smallest absolute Gasteiger partial charge is 0.405 e. The summed E-state index contributed by atoms with van der Waals surface area (Å²) in [5.41, 5.74) is -1.24. The molecule has 2 atom stereocenters. The lowest BCUT2D eigenvalue weighted by Gasteiger charge is -2.26. The molecule has 1 heterocycles. The van der Waals surface area contributed by atoms with Crippen LogP contribution in [0, 0.1) is 0 Å². The van der Waals surface area contributed by atoms with Crippen LogP contribution in [-0.4, -0.2) is 54.9 Å². The molecule has 6 heteroatoms. The van der Waals surface area contributed by atoms with E-state index in [9.17, 15) is 9.90 Å². The van der Waals surface area contributed by atoms with Gasteiger partial charge in [-0.25, -0.2) is 4.79 Å². The van der Waals surface area contributed by atoms with Crippen molar-refractivity contribution in [2.45, 2.75) is 11.6 Å². The number of hydrogen-bond acceptors (Lipinski definition) is 4. The fourth-order valence-corrected chi connectivity index (χ4v) is 1.33. The molecule has 1 saturated heterocycles. The van der Waals surface area contributed by atoms with Gasteiger partial charge in [0.1, 0.15) is 5.60 Å². The lowest BCUT2D eigenvalue weighted by Crippen LogP contribution is -2.54. The van der Waals surface area contributed by atoms with Crippen molar-refractivity contribution in [3.05, 3.63) is 0 Å². The highest BCUT2D eigenvalue weighted by molar-refractivity contribution is 5.65. The summed E-state index contributed by atoms with van der Waals surface area (Å²) < 4.78 is 9.75. The van der Waals surface area contributed by atoms with Gasteiger partial charge in [0.15, 0.2) is 0 Å². The number of hydrogen-bond donors (Lipinski definition) is 3. The van der Waals surface area contributed by atoms with Gasteiger partial charge in [0.05, 0.1) is 25.9 Å². The Morgan fingerprint density at radius 2 is 2.54 bits per heavy atom. The van der Waals surface area contributed by atoms with E-state index in [1.807, 2.05) is 0 Å². The Morgan fingerprint density at radius 3 is 3.08 bits per heavy atom. The minimum absolute atomic E-state index is 0.0535. The van der Waals surface area contributed by atoms with Gasteiger partial charge in [-0.15, -0.1) is 0 Å². The molecule has 0 radical (unpaired) electrons. The molecule has 1 aliphatic heterocycles. The van der Waals surface area contributed by atoms with Gasteiger partial charge >= 0.3 is 6.09 Å². The zero-order valence-electron chi connectivity index (χ0n) is 7.32. The molecule has 3 N–H and O–H groups in total. The van der Waals surface area contributed by atoms with Gasteiger partial charge < -0.3 is 25.0 Å². The van der Waals surface area contributed by atoms with Crippen molar-refractivity contribution >= 4 is 6.09 Å². The van der Waals surface area contributed by atoms with Crippen LogP contribution in [0.15, 0.2) is 0 Å². The Labute approximate surface area is 75.5 Å². The number of methoxy groups -OCH3 is 1. The Balaban J connectivity index is 2.56. The third-order valence-electron chi connectivity index (χ3n) is 1.98. The molecule has 0 aliphatic carbocycles. The molecule has 0 aromatic heterocycles. The predicted molar refractivity (Wildman–Crippen MR) is 42.6 cm³/mol. The second-order valence-corrected chi connectivity index (χ2v) is 3.05. The van der Waals surface area contributed by atoms with E-state index in [-0.39, 0.29) is 19.8 Å². The molecule has 0 aromatic carbocycles. The van der Waals surface area contributed by atoms with Gasteiger partial charge in [-0.2, -0.15) is 0 Å². The normalized spacial score (nSPS) is 33.2. The number of rotatable bonds is 3. The highest BCUT2D eigenvalue weighted by Gasteiger charge is 2.43. The first-order valence-corrected chi connectivity index (χ1v) is 3.87. The molecule has 1 fully saturated rings. The monoisotopic (exact) mass is 191 g/mol. The van der Waals surface area contributed by atoms with Gasteiger partial charge in [-0.05, 0) is 0 Å². The lowest BCUT2D eigenvalue weighted by molar-refractivity contribution is -0.0464. The van der Waals surface area contributed by atoms with Gasteiger partial charge in [0, 0.05) is 7.11 Å². The van der Waals surface area contributed by atoms with E-state index in [1.165, 1.54) is 7.11 Å². The molecule has 0 spiro atoms. The lowest BCUT2D eigenvalue weighted by atomic mass is 9.99. The molecule has 1 amide bonds. The molecular formula is C7H13NO5. The highest BCUT2D eigenvalue weighted by atomic mass is 16.5. The number of aliphatic hydroxyl groups is 1. The molecular weight excluding hydrogens is 178 g/mol. The minimum atomic E-state index is -1.24. The van der Waals surface area contributed by atoms with E-state index in [1.54, 1.807) is 0 Å². The summed E-state index contributed by atoms with van der Waals surface area (Å²) in [7, 11) is 1.44. The van der Waals surface area contributed by atoms with Crippen LogP contribution in [0.25, 0.3) is 0 Å². The van der Waals surface area contributed by atoms with Gasteiger partial charge in [0.2, 0.25) is 0 Å². The van der Waals surface area contributed by atoms with Gasteiger partial charge in [0.25, 0.3) is 0 Å². The van der Waals surface area contributed by atoms with E-state index < -0.39 is 17.7 Å². The van der Waals surface area contributed by atoms with Gasteiger partial charge in [-0.3, -0.25) is 0 Å². The summed E-state index contributed by atoms with van der Waals surface area (Å²) in [4.78, 5) is 10.3. The number of ether oxygens (including phenoxy) is 2. The topological polar surface area (TPSA) is 88.0 Å². The molecule has 1 aliphatic rings. The summed E-state index contributed by atoms with van der Waals surface area (Å²) in [5, 5.41) is 20.5. The van der Waals surface area contributed by atoms with Crippen molar-refractivity contribution in [1.29, 1.82) is 0 Å². The van der Waals surface area contributed by atoms with E-state index in [2.05, 4.69) is 5.32 Å². The molecule has 6 nitrogen and oxygen atoms in total. The van der Waals surface area contributed by atoms with Crippen LogP contribution in [0.3, 0.4) is 0 Å². The first-order valence-electron chi connectivity index (χ1n) is 3.87. The first kappa shape index (κ1) is 10.2. The van der Waals surface area contributed by atoms with E-state index >= 15 is 0 Å². The van der Waals surface area contributed by atoms with E-state index in [0.29, 0.717) is 0 Å². The van der Waals surface area contributed by atoms with Crippen LogP contribution < -0.4 is 5.32 Å². The molecule has 1 rings (SSSR count). The zero-order valence-corrected chi connectivity index (χ0v) is 7.32. The first-order chi connectivity index (χ1) is 6.08. The van der Waals surface area contributed by atoms with Gasteiger partial charge in [-0.1, -0.05) is 0 Å². The van der Waals surface area contributed by atoms with Crippen molar-refractivity contribution in [3.63, 3.8) is 0 Å².